The van der Waals surface area contributed by atoms with Gasteiger partial charge in [0.15, 0.2) is 0 Å². The zero-order chi connectivity index (χ0) is 14.7. The fraction of sp³-hybridized carbons (Fsp3) is 0.900. The van der Waals surface area contributed by atoms with Gasteiger partial charge in [-0.05, 0) is 25.7 Å². The molecule has 120 valence electrons. The van der Waals surface area contributed by atoms with E-state index in [1.807, 2.05) is 0 Å². The van der Waals surface area contributed by atoms with Gasteiger partial charge in [-0.1, -0.05) is 103 Å². The Morgan fingerprint density at radius 3 is 1.10 bits per heavy atom. The molecule has 0 saturated carbocycles. The monoisotopic (exact) mass is 280 g/mol. The Kier molecular flexibility index (Phi) is 18.5. The molecule has 0 aliphatic heterocycles. The average molecular weight is 281 g/mol. The molecule has 0 aliphatic rings. The molecule has 0 aliphatic carbocycles. The van der Waals surface area contributed by atoms with E-state index in [1.165, 1.54) is 103 Å². The molecule has 0 N–H and O–H groups in total. The van der Waals surface area contributed by atoms with Crippen LogP contribution in [0.3, 0.4) is 0 Å². The second-order valence-electron chi connectivity index (χ2n) is 6.29. The first-order valence-electron chi connectivity index (χ1n) is 9.56. The highest BCUT2D eigenvalue weighted by Crippen LogP contribution is 2.11. The molecule has 0 heteroatoms. The SMILES string of the molecule is CCCCCC/C=C\CCCCCCCCCCCC. The van der Waals surface area contributed by atoms with Crippen LogP contribution in [0.1, 0.15) is 117 Å². The summed E-state index contributed by atoms with van der Waals surface area (Å²) in [6.45, 7) is 4.57. The van der Waals surface area contributed by atoms with Gasteiger partial charge in [0.2, 0.25) is 0 Å². The summed E-state index contributed by atoms with van der Waals surface area (Å²) in [4.78, 5) is 0. The van der Waals surface area contributed by atoms with Crippen LogP contribution in [0.2, 0.25) is 0 Å². The van der Waals surface area contributed by atoms with Crippen molar-refractivity contribution in [3.63, 3.8) is 0 Å². The van der Waals surface area contributed by atoms with Crippen LogP contribution in [0.4, 0.5) is 0 Å². The molecule has 0 spiro atoms. The van der Waals surface area contributed by atoms with E-state index in [-0.39, 0.29) is 0 Å². The standard InChI is InChI=1S/C20H40/c1-3-5-7-9-11-13-15-17-19-20-18-16-14-12-10-8-6-4-2/h13,15H,3-12,14,16-20H2,1-2H3/b15-13-. The van der Waals surface area contributed by atoms with Gasteiger partial charge in [0, 0.05) is 0 Å². The zero-order valence-electron chi connectivity index (χ0n) is 14.5. The van der Waals surface area contributed by atoms with E-state index >= 15 is 0 Å². The van der Waals surface area contributed by atoms with E-state index in [0.717, 1.165) is 0 Å². The van der Waals surface area contributed by atoms with Gasteiger partial charge < -0.3 is 0 Å². The Balaban J connectivity index is 3.00. The van der Waals surface area contributed by atoms with Crippen LogP contribution in [0.15, 0.2) is 12.2 Å². The molecular weight excluding hydrogens is 240 g/mol. The third-order valence-electron chi connectivity index (χ3n) is 4.12. The van der Waals surface area contributed by atoms with Gasteiger partial charge in [-0.25, -0.2) is 0 Å². The maximum atomic E-state index is 2.41. The van der Waals surface area contributed by atoms with Crippen molar-refractivity contribution in [3.8, 4) is 0 Å². The van der Waals surface area contributed by atoms with Crippen LogP contribution in [0, 0.1) is 0 Å². The molecule has 0 aromatic heterocycles. The van der Waals surface area contributed by atoms with Gasteiger partial charge in [-0.15, -0.1) is 0 Å². The van der Waals surface area contributed by atoms with Gasteiger partial charge in [0.25, 0.3) is 0 Å². The smallest absolute Gasteiger partial charge is 0.0351 e. The zero-order valence-corrected chi connectivity index (χ0v) is 14.5. The number of hydrogen-bond donors (Lipinski definition) is 0. The van der Waals surface area contributed by atoms with E-state index in [4.69, 9.17) is 0 Å². The number of hydrogen-bond acceptors (Lipinski definition) is 0. The van der Waals surface area contributed by atoms with Crippen LogP contribution in [-0.2, 0) is 0 Å². The Morgan fingerprint density at radius 2 is 0.700 bits per heavy atom. The van der Waals surface area contributed by atoms with Crippen molar-refractivity contribution in [2.75, 3.05) is 0 Å². The molecule has 0 atom stereocenters. The molecule has 0 fully saturated rings. The minimum Gasteiger partial charge on any atom is -0.0885 e. The van der Waals surface area contributed by atoms with Crippen LogP contribution < -0.4 is 0 Å². The minimum atomic E-state index is 1.30. The van der Waals surface area contributed by atoms with Gasteiger partial charge in [-0.3, -0.25) is 0 Å². The summed E-state index contributed by atoms with van der Waals surface area (Å²) in [6, 6.07) is 0. The first kappa shape index (κ1) is 19.7. The van der Waals surface area contributed by atoms with Crippen LogP contribution in [-0.4, -0.2) is 0 Å². The first-order chi connectivity index (χ1) is 9.91. The van der Waals surface area contributed by atoms with Crippen molar-refractivity contribution in [3.05, 3.63) is 12.2 Å². The molecule has 20 heavy (non-hydrogen) atoms. The van der Waals surface area contributed by atoms with Gasteiger partial charge >= 0.3 is 0 Å². The molecular formula is C20H40. The van der Waals surface area contributed by atoms with Crippen molar-refractivity contribution < 1.29 is 0 Å². The van der Waals surface area contributed by atoms with Crippen molar-refractivity contribution in [1.82, 2.24) is 0 Å². The third-order valence-corrected chi connectivity index (χ3v) is 4.12. The van der Waals surface area contributed by atoms with Crippen LogP contribution in [0.25, 0.3) is 0 Å². The Bertz CT molecular complexity index is 180. The summed E-state index contributed by atoms with van der Waals surface area (Å²) in [5, 5.41) is 0. The number of unbranched alkanes of at least 4 members (excludes halogenated alkanes) is 14. The van der Waals surface area contributed by atoms with Crippen molar-refractivity contribution in [1.29, 1.82) is 0 Å². The predicted octanol–water partition coefficient (Wildman–Crippen LogP) is 7.82. The lowest BCUT2D eigenvalue weighted by Gasteiger charge is -2.01. The van der Waals surface area contributed by atoms with E-state index < -0.39 is 0 Å². The maximum absolute atomic E-state index is 2.41. The summed E-state index contributed by atoms with van der Waals surface area (Å²) in [6.07, 6.45) is 27.4. The molecule has 0 nitrogen and oxygen atoms in total. The van der Waals surface area contributed by atoms with E-state index in [0.29, 0.717) is 0 Å². The van der Waals surface area contributed by atoms with Crippen molar-refractivity contribution in [2.24, 2.45) is 0 Å². The number of allylic oxidation sites excluding steroid dienone is 2. The molecule has 0 bridgehead atoms. The van der Waals surface area contributed by atoms with Crippen LogP contribution >= 0.6 is 0 Å². The van der Waals surface area contributed by atoms with Gasteiger partial charge in [0.05, 0.1) is 0 Å². The van der Waals surface area contributed by atoms with E-state index in [2.05, 4.69) is 26.0 Å². The fourth-order valence-corrected chi connectivity index (χ4v) is 2.67. The normalized spacial score (nSPS) is 11.5. The first-order valence-corrected chi connectivity index (χ1v) is 9.56. The van der Waals surface area contributed by atoms with E-state index in [9.17, 15) is 0 Å². The minimum absolute atomic E-state index is 1.30. The summed E-state index contributed by atoms with van der Waals surface area (Å²) < 4.78 is 0. The summed E-state index contributed by atoms with van der Waals surface area (Å²) in [5.74, 6) is 0. The summed E-state index contributed by atoms with van der Waals surface area (Å²) in [5.41, 5.74) is 0. The highest BCUT2D eigenvalue weighted by atomic mass is 14.0. The lowest BCUT2D eigenvalue weighted by Crippen LogP contribution is -1.81. The third kappa shape index (κ3) is 17.7. The lowest BCUT2D eigenvalue weighted by atomic mass is 10.1. The van der Waals surface area contributed by atoms with Crippen molar-refractivity contribution in [2.45, 2.75) is 117 Å². The molecule has 0 amide bonds. The van der Waals surface area contributed by atoms with Crippen LogP contribution in [0.5, 0.6) is 0 Å². The lowest BCUT2D eigenvalue weighted by molar-refractivity contribution is 0.557. The Hall–Kier alpha value is -0.260. The molecule has 0 aromatic carbocycles. The molecule has 0 unspecified atom stereocenters. The molecule has 0 radical (unpaired) electrons. The second kappa shape index (κ2) is 18.7. The number of rotatable bonds is 16. The Labute approximate surface area is 129 Å². The van der Waals surface area contributed by atoms with Crippen molar-refractivity contribution >= 4 is 0 Å². The second-order valence-corrected chi connectivity index (χ2v) is 6.29. The van der Waals surface area contributed by atoms with E-state index in [1.54, 1.807) is 0 Å². The fourth-order valence-electron chi connectivity index (χ4n) is 2.67. The predicted molar refractivity (Wildman–Crippen MR) is 94.4 cm³/mol. The van der Waals surface area contributed by atoms with Gasteiger partial charge in [-0.2, -0.15) is 0 Å². The maximum Gasteiger partial charge on any atom is -0.0351 e. The molecule has 0 rings (SSSR count). The summed E-state index contributed by atoms with van der Waals surface area (Å²) in [7, 11) is 0. The summed E-state index contributed by atoms with van der Waals surface area (Å²) >= 11 is 0. The Morgan fingerprint density at radius 1 is 0.400 bits per heavy atom. The molecule has 0 aromatic rings. The quantitative estimate of drug-likeness (QED) is 0.200. The topological polar surface area (TPSA) is 0 Å². The molecule has 0 saturated heterocycles. The average Bonchev–Trinajstić information content (AvgIpc) is 2.47. The highest BCUT2D eigenvalue weighted by Gasteiger charge is 1.92. The highest BCUT2D eigenvalue weighted by molar-refractivity contribution is 4.81. The molecule has 0 heterocycles. The largest absolute Gasteiger partial charge is 0.0885 e. The van der Waals surface area contributed by atoms with Gasteiger partial charge in [0.1, 0.15) is 0 Å².